The highest BCUT2D eigenvalue weighted by atomic mass is 79.9. The van der Waals surface area contributed by atoms with Gasteiger partial charge in [0.05, 0.1) is 4.32 Å². The zero-order valence-corrected chi connectivity index (χ0v) is 16.6. The summed E-state index contributed by atoms with van der Waals surface area (Å²) in [4.78, 5) is 0. The average Bonchev–Trinajstić information content (AvgIpc) is 2.76. The third-order valence-electron chi connectivity index (χ3n) is 5.05. The second-order valence-corrected chi connectivity index (χ2v) is 7.95. The average molecular weight is 413 g/mol. The third kappa shape index (κ3) is 3.48. The SMILES string of the molecule is BrC(c1ccccc1)(c1ccccc1)C(c1ccccc1)c1ccccc1. The van der Waals surface area contributed by atoms with Crippen LogP contribution in [0.15, 0.2) is 121 Å². The first-order valence-electron chi connectivity index (χ1n) is 9.20. The van der Waals surface area contributed by atoms with Crippen LogP contribution in [-0.4, -0.2) is 0 Å². The van der Waals surface area contributed by atoms with Crippen molar-refractivity contribution in [2.75, 3.05) is 0 Å². The molecule has 0 aromatic heterocycles. The van der Waals surface area contributed by atoms with Gasteiger partial charge in [-0.1, -0.05) is 137 Å². The fourth-order valence-electron chi connectivity index (χ4n) is 3.80. The minimum absolute atomic E-state index is 0.129. The highest BCUT2D eigenvalue weighted by Crippen LogP contribution is 2.52. The van der Waals surface area contributed by atoms with Crippen LogP contribution in [0.25, 0.3) is 0 Å². The van der Waals surface area contributed by atoms with Gasteiger partial charge in [-0.05, 0) is 22.3 Å². The summed E-state index contributed by atoms with van der Waals surface area (Å²) in [5.74, 6) is 0.129. The predicted molar refractivity (Wildman–Crippen MR) is 117 cm³/mol. The van der Waals surface area contributed by atoms with E-state index >= 15 is 0 Å². The first-order chi connectivity index (χ1) is 13.3. The Morgan fingerprint density at radius 3 is 1.07 bits per heavy atom. The summed E-state index contributed by atoms with van der Waals surface area (Å²) in [5, 5.41) is 0. The zero-order chi connectivity index (χ0) is 18.5. The molecule has 0 saturated heterocycles. The molecule has 132 valence electrons. The van der Waals surface area contributed by atoms with E-state index in [0.29, 0.717) is 0 Å². The maximum atomic E-state index is 4.24. The van der Waals surface area contributed by atoms with Gasteiger partial charge in [-0.25, -0.2) is 0 Å². The van der Waals surface area contributed by atoms with E-state index < -0.39 is 0 Å². The fourth-order valence-corrected chi connectivity index (χ4v) is 4.86. The highest BCUT2D eigenvalue weighted by Gasteiger charge is 2.41. The van der Waals surface area contributed by atoms with Crippen LogP contribution >= 0.6 is 15.9 Å². The van der Waals surface area contributed by atoms with Gasteiger partial charge in [0.15, 0.2) is 0 Å². The van der Waals surface area contributed by atoms with E-state index in [1.807, 2.05) is 0 Å². The molecule has 0 N–H and O–H groups in total. The van der Waals surface area contributed by atoms with Gasteiger partial charge in [0.2, 0.25) is 0 Å². The molecule has 0 fully saturated rings. The van der Waals surface area contributed by atoms with E-state index in [1.165, 1.54) is 22.3 Å². The molecule has 0 radical (unpaired) electrons. The van der Waals surface area contributed by atoms with Gasteiger partial charge in [0.1, 0.15) is 0 Å². The lowest BCUT2D eigenvalue weighted by molar-refractivity contribution is 0.650. The summed E-state index contributed by atoms with van der Waals surface area (Å²) >= 11 is 4.24. The summed E-state index contributed by atoms with van der Waals surface area (Å²) in [6.45, 7) is 0. The molecule has 0 nitrogen and oxygen atoms in total. The molecule has 0 aliphatic heterocycles. The quantitative estimate of drug-likeness (QED) is 0.305. The molecule has 0 aliphatic rings. The highest BCUT2D eigenvalue weighted by molar-refractivity contribution is 9.09. The van der Waals surface area contributed by atoms with E-state index in [-0.39, 0.29) is 10.2 Å². The first-order valence-corrected chi connectivity index (χ1v) is 9.99. The van der Waals surface area contributed by atoms with Gasteiger partial charge in [0, 0.05) is 5.92 Å². The molecule has 0 amide bonds. The summed E-state index contributed by atoms with van der Waals surface area (Å²) in [7, 11) is 0. The van der Waals surface area contributed by atoms with E-state index in [2.05, 4.69) is 137 Å². The number of halogens is 1. The molecule has 0 heterocycles. The summed E-state index contributed by atoms with van der Waals surface area (Å²) in [6.07, 6.45) is 0. The van der Waals surface area contributed by atoms with E-state index in [9.17, 15) is 0 Å². The van der Waals surface area contributed by atoms with Gasteiger partial charge in [0.25, 0.3) is 0 Å². The minimum Gasteiger partial charge on any atom is -0.0738 e. The van der Waals surface area contributed by atoms with Crippen LogP contribution in [0.3, 0.4) is 0 Å². The Labute approximate surface area is 169 Å². The van der Waals surface area contributed by atoms with Gasteiger partial charge < -0.3 is 0 Å². The molecule has 4 aromatic carbocycles. The van der Waals surface area contributed by atoms with Gasteiger partial charge in [-0.15, -0.1) is 0 Å². The van der Waals surface area contributed by atoms with Crippen LogP contribution in [-0.2, 0) is 4.32 Å². The summed E-state index contributed by atoms with van der Waals surface area (Å²) in [6, 6.07) is 42.9. The Morgan fingerprint density at radius 2 is 0.741 bits per heavy atom. The topological polar surface area (TPSA) is 0 Å². The lowest BCUT2D eigenvalue weighted by Gasteiger charge is -2.38. The fraction of sp³-hybridized carbons (Fsp3) is 0.0769. The minimum atomic E-state index is -0.377. The van der Waals surface area contributed by atoms with Crippen molar-refractivity contribution >= 4 is 15.9 Å². The van der Waals surface area contributed by atoms with Gasteiger partial charge >= 0.3 is 0 Å². The molecule has 1 heteroatoms. The maximum Gasteiger partial charge on any atom is 0.0863 e. The number of alkyl halides is 1. The van der Waals surface area contributed by atoms with Gasteiger partial charge in [-0.2, -0.15) is 0 Å². The lowest BCUT2D eigenvalue weighted by atomic mass is 9.73. The molecule has 0 aliphatic carbocycles. The maximum absolute atomic E-state index is 4.24. The normalized spacial score (nSPS) is 11.5. The molecule has 0 saturated carbocycles. The Hall–Kier alpha value is -2.64. The van der Waals surface area contributed by atoms with Crippen molar-refractivity contribution in [3.05, 3.63) is 144 Å². The van der Waals surface area contributed by atoms with E-state index in [1.54, 1.807) is 0 Å². The number of rotatable bonds is 5. The van der Waals surface area contributed by atoms with Crippen molar-refractivity contribution < 1.29 is 0 Å². The Balaban J connectivity index is 2.01. The molecular weight excluding hydrogens is 392 g/mol. The third-order valence-corrected chi connectivity index (χ3v) is 6.42. The molecule has 0 atom stereocenters. The number of hydrogen-bond acceptors (Lipinski definition) is 0. The molecule has 0 unspecified atom stereocenters. The largest absolute Gasteiger partial charge is 0.0863 e. The van der Waals surface area contributed by atoms with E-state index in [4.69, 9.17) is 0 Å². The van der Waals surface area contributed by atoms with Crippen molar-refractivity contribution in [2.45, 2.75) is 10.2 Å². The standard InChI is InChI=1S/C26H21Br/c27-26(23-17-9-3-10-18-23,24-19-11-4-12-20-24)25(21-13-5-1-6-14-21)22-15-7-2-8-16-22/h1-20,25H. The van der Waals surface area contributed by atoms with Crippen molar-refractivity contribution in [1.82, 2.24) is 0 Å². The Kier molecular flexibility index (Phi) is 5.22. The van der Waals surface area contributed by atoms with Crippen LogP contribution < -0.4 is 0 Å². The van der Waals surface area contributed by atoms with Crippen LogP contribution in [0.2, 0.25) is 0 Å². The smallest absolute Gasteiger partial charge is 0.0738 e. The molecular formula is C26H21Br. The van der Waals surface area contributed by atoms with Crippen molar-refractivity contribution in [3.8, 4) is 0 Å². The first kappa shape index (κ1) is 17.8. The predicted octanol–water partition coefficient (Wildman–Crippen LogP) is 7.16. The second-order valence-electron chi connectivity index (χ2n) is 6.70. The summed E-state index contributed by atoms with van der Waals surface area (Å²) < 4.78 is -0.377. The number of hydrogen-bond donors (Lipinski definition) is 0. The molecule has 0 bridgehead atoms. The number of benzene rings is 4. The lowest BCUT2D eigenvalue weighted by Crippen LogP contribution is -2.29. The van der Waals surface area contributed by atoms with Crippen LogP contribution in [0.4, 0.5) is 0 Å². The Bertz CT molecular complexity index is 885. The molecule has 27 heavy (non-hydrogen) atoms. The molecule has 0 spiro atoms. The van der Waals surface area contributed by atoms with Crippen LogP contribution in [0.1, 0.15) is 28.2 Å². The molecule has 4 aromatic rings. The van der Waals surface area contributed by atoms with Gasteiger partial charge in [-0.3, -0.25) is 0 Å². The Morgan fingerprint density at radius 1 is 0.444 bits per heavy atom. The second kappa shape index (κ2) is 7.94. The van der Waals surface area contributed by atoms with E-state index in [0.717, 1.165) is 0 Å². The van der Waals surface area contributed by atoms with Crippen molar-refractivity contribution in [3.63, 3.8) is 0 Å². The zero-order valence-electron chi connectivity index (χ0n) is 15.0. The monoisotopic (exact) mass is 412 g/mol. The van der Waals surface area contributed by atoms with Crippen molar-refractivity contribution in [1.29, 1.82) is 0 Å². The van der Waals surface area contributed by atoms with Crippen molar-refractivity contribution in [2.24, 2.45) is 0 Å². The molecule has 4 rings (SSSR count). The van der Waals surface area contributed by atoms with Crippen LogP contribution in [0, 0.1) is 0 Å². The van der Waals surface area contributed by atoms with Crippen LogP contribution in [0.5, 0.6) is 0 Å². The summed E-state index contributed by atoms with van der Waals surface area (Å²) in [5.41, 5.74) is 5.06.